The van der Waals surface area contributed by atoms with Gasteiger partial charge in [-0.05, 0) is 43.9 Å². The van der Waals surface area contributed by atoms with Crippen LogP contribution in [0.2, 0.25) is 0 Å². The van der Waals surface area contributed by atoms with E-state index in [1.165, 1.54) is 6.07 Å². The number of nitrogens with two attached hydrogens (primary N) is 1. The van der Waals surface area contributed by atoms with Gasteiger partial charge in [0, 0.05) is 17.8 Å². The molecule has 0 aliphatic heterocycles. The van der Waals surface area contributed by atoms with E-state index in [2.05, 4.69) is 20.9 Å². The number of benzene rings is 1. The zero-order valence-corrected chi connectivity index (χ0v) is 16.6. The van der Waals surface area contributed by atoms with Gasteiger partial charge in [0.1, 0.15) is 5.82 Å². The molecule has 166 valence electrons. The van der Waals surface area contributed by atoms with Crippen molar-refractivity contribution in [3.63, 3.8) is 0 Å². The van der Waals surface area contributed by atoms with Crippen LogP contribution >= 0.6 is 0 Å². The molecule has 1 aliphatic rings. The lowest BCUT2D eigenvalue weighted by molar-refractivity contribution is 0.1000. The number of rotatable bonds is 8. The van der Waals surface area contributed by atoms with E-state index >= 15 is 0 Å². The number of pyridine rings is 1. The molecule has 0 saturated heterocycles. The topological polar surface area (TPSA) is 129 Å². The molecular formula is C20H22F3N5O3. The molecule has 11 heteroatoms. The van der Waals surface area contributed by atoms with E-state index in [0.29, 0.717) is 0 Å². The van der Waals surface area contributed by atoms with Crippen molar-refractivity contribution >= 4 is 29.3 Å². The third kappa shape index (κ3) is 5.16. The van der Waals surface area contributed by atoms with E-state index < -0.39 is 41.5 Å². The maximum absolute atomic E-state index is 14.7. The van der Waals surface area contributed by atoms with Gasteiger partial charge in [0.05, 0.1) is 11.6 Å². The molecule has 0 bridgehead atoms. The van der Waals surface area contributed by atoms with E-state index in [0.717, 1.165) is 37.5 Å². The van der Waals surface area contributed by atoms with E-state index in [9.17, 15) is 22.8 Å². The number of amides is 2. The Labute approximate surface area is 176 Å². The highest BCUT2D eigenvalue weighted by Gasteiger charge is 2.33. The van der Waals surface area contributed by atoms with Crippen LogP contribution in [0.3, 0.4) is 0 Å². The third-order valence-electron chi connectivity index (χ3n) is 5.27. The molecule has 0 radical (unpaired) electrons. The minimum absolute atomic E-state index is 0.0721. The summed E-state index contributed by atoms with van der Waals surface area (Å²) in [5.41, 5.74) is 5.09. The van der Waals surface area contributed by atoms with Crippen molar-refractivity contribution in [3.05, 3.63) is 47.3 Å². The summed E-state index contributed by atoms with van der Waals surface area (Å²) >= 11 is 0. The number of nitrogens with zero attached hydrogens (tertiary/aromatic N) is 1. The first kappa shape index (κ1) is 22.2. The average molecular weight is 437 g/mol. The number of carbonyl (C=O) groups is 2. The summed E-state index contributed by atoms with van der Waals surface area (Å²) in [6.07, 6.45) is 1.44. The molecule has 1 saturated carbocycles. The van der Waals surface area contributed by atoms with Crippen LogP contribution in [0.5, 0.6) is 0 Å². The van der Waals surface area contributed by atoms with Crippen molar-refractivity contribution in [2.75, 3.05) is 10.6 Å². The number of hydrogen-bond acceptors (Lipinski definition) is 5. The fraction of sp³-hybridized carbons (Fsp3) is 0.350. The first-order valence-corrected chi connectivity index (χ1v) is 9.64. The number of carbonyl (C=O) groups excluding carboxylic acids is 1. The van der Waals surface area contributed by atoms with E-state index in [1.54, 1.807) is 6.92 Å². The number of carboxylic acid groups (broad SMARTS) is 1. The predicted octanol–water partition coefficient (Wildman–Crippen LogP) is 3.58. The highest BCUT2D eigenvalue weighted by atomic mass is 19.2. The molecule has 2 amide bonds. The Morgan fingerprint density at radius 1 is 1.13 bits per heavy atom. The Morgan fingerprint density at radius 2 is 1.84 bits per heavy atom. The van der Waals surface area contributed by atoms with Gasteiger partial charge in [-0.1, -0.05) is 6.42 Å². The molecule has 0 unspecified atom stereocenters. The van der Waals surface area contributed by atoms with Gasteiger partial charge in [-0.3, -0.25) is 4.79 Å². The van der Waals surface area contributed by atoms with Gasteiger partial charge in [0.2, 0.25) is 0 Å². The molecule has 1 fully saturated rings. The molecule has 2 aromatic rings. The number of aromatic nitrogens is 1. The Hall–Kier alpha value is -3.50. The van der Waals surface area contributed by atoms with E-state index in [-0.39, 0.29) is 28.8 Å². The molecule has 1 heterocycles. The quantitative estimate of drug-likeness (QED) is 0.429. The lowest BCUT2D eigenvalue weighted by Crippen LogP contribution is -2.50. The molecule has 8 nitrogen and oxygen atoms in total. The van der Waals surface area contributed by atoms with Crippen LogP contribution < -0.4 is 21.7 Å². The lowest BCUT2D eigenvalue weighted by atomic mass is 9.77. The number of anilines is 3. The molecule has 0 spiro atoms. The summed E-state index contributed by atoms with van der Waals surface area (Å²) < 4.78 is 41.4. The second-order valence-corrected chi connectivity index (χ2v) is 7.43. The largest absolute Gasteiger partial charge is 0.465 e. The van der Waals surface area contributed by atoms with Crippen LogP contribution in [0.1, 0.15) is 36.5 Å². The van der Waals surface area contributed by atoms with Crippen molar-refractivity contribution in [1.82, 2.24) is 10.3 Å². The van der Waals surface area contributed by atoms with Gasteiger partial charge in [0.15, 0.2) is 23.3 Å². The van der Waals surface area contributed by atoms with Crippen molar-refractivity contribution in [2.45, 2.75) is 38.3 Å². The molecule has 3 rings (SSSR count). The Bertz CT molecular complexity index is 1000. The summed E-state index contributed by atoms with van der Waals surface area (Å²) in [6.45, 7) is 1.65. The summed E-state index contributed by atoms with van der Waals surface area (Å²) in [5, 5.41) is 17.0. The molecular weight excluding hydrogens is 415 g/mol. The smallest absolute Gasteiger partial charge is 0.404 e. The van der Waals surface area contributed by atoms with Crippen molar-refractivity contribution in [2.24, 2.45) is 11.7 Å². The standard InChI is InChI=1S/C20H22F3N5O3/c1-9(25-20(30)31)16(10-3-2-4-10)27-19-15(23)8-12(17(24)29)18(28-19)26-11-5-6-13(21)14(22)7-11/h5-10,16,25H,2-4H2,1H3,(H2,24,29)(H,30,31)(H2,26,27,28)/t9-,16-/m0/s1. The SMILES string of the molecule is C[C@H](NC(=O)O)[C@H](Nc1nc(Nc2ccc(F)c(F)c2)c(C(N)=O)cc1F)C1CCC1. The second kappa shape index (κ2) is 9.11. The summed E-state index contributed by atoms with van der Waals surface area (Å²) in [7, 11) is 0. The summed E-state index contributed by atoms with van der Waals surface area (Å²) in [4.78, 5) is 26.9. The monoisotopic (exact) mass is 437 g/mol. The van der Waals surface area contributed by atoms with Gasteiger partial charge in [-0.2, -0.15) is 0 Å². The summed E-state index contributed by atoms with van der Waals surface area (Å²) in [6, 6.07) is 2.83. The number of primary amides is 1. The van der Waals surface area contributed by atoms with E-state index in [1.807, 2.05) is 0 Å². The molecule has 1 aromatic heterocycles. The minimum atomic E-state index is -1.21. The number of hydrogen-bond donors (Lipinski definition) is 5. The fourth-order valence-electron chi connectivity index (χ4n) is 3.48. The Balaban J connectivity index is 1.93. The maximum atomic E-state index is 14.7. The van der Waals surface area contributed by atoms with Crippen molar-refractivity contribution in [1.29, 1.82) is 0 Å². The normalized spacial score (nSPS) is 15.5. The van der Waals surface area contributed by atoms with Crippen molar-refractivity contribution in [3.8, 4) is 0 Å². The zero-order valence-electron chi connectivity index (χ0n) is 16.6. The highest BCUT2D eigenvalue weighted by molar-refractivity contribution is 5.98. The number of nitrogens with one attached hydrogen (secondary N) is 3. The fourth-order valence-corrected chi connectivity index (χ4v) is 3.48. The Kier molecular flexibility index (Phi) is 6.52. The first-order valence-electron chi connectivity index (χ1n) is 9.64. The average Bonchev–Trinajstić information content (AvgIpc) is 2.64. The summed E-state index contributed by atoms with van der Waals surface area (Å²) in [5.74, 6) is -4.31. The van der Waals surface area contributed by atoms with Crippen LogP contribution in [0.25, 0.3) is 0 Å². The number of halogens is 3. The van der Waals surface area contributed by atoms with Gasteiger partial charge in [-0.25, -0.2) is 22.9 Å². The third-order valence-corrected chi connectivity index (χ3v) is 5.27. The van der Waals surface area contributed by atoms with Crippen LogP contribution in [0.15, 0.2) is 24.3 Å². The van der Waals surface area contributed by atoms with Crippen molar-refractivity contribution < 1.29 is 27.9 Å². The minimum Gasteiger partial charge on any atom is -0.465 e. The molecule has 31 heavy (non-hydrogen) atoms. The molecule has 1 aromatic carbocycles. The van der Waals surface area contributed by atoms with Gasteiger partial charge < -0.3 is 26.8 Å². The van der Waals surface area contributed by atoms with Gasteiger partial charge >= 0.3 is 6.09 Å². The highest BCUT2D eigenvalue weighted by Crippen LogP contribution is 2.34. The van der Waals surface area contributed by atoms with Crippen LogP contribution in [0, 0.1) is 23.4 Å². The van der Waals surface area contributed by atoms with E-state index in [4.69, 9.17) is 10.8 Å². The second-order valence-electron chi connectivity index (χ2n) is 7.43. The van der Waals surface area contributed by atoms with Gasteiger partial charge in [0.25, 0.3) is 5.91 Å². The molecule has 1 aliphatic carbocycles. The predicted molar refractivity (Wildman–Crippen MR) is 108 cm³/mol. The van der Waals surface area contributed by atoms with Crippen LogP contribution in [-0.2, 0) is 0 Å². The maximum Gasteiger partial charge on any atom is 0.404 e. The van der Waals surface area contributed by atoms with Crippen LogP contribution in [0.4, 0.5) is 35.3 Å². The molecule has 2 atom stereocenters. The lowest BCUT2D eigenvalue weighted by Gasteiger charge is -2.38. The first-order chi connectivity index (χ1) is 14.7. The molecule has 6 N–H and O–H groups in total. The van der Waals surface area contributed by atoms with Crippen LogP contribution in [-0.4, -0.2) is 34.2 Å². The Morgan fingerprint density at radius 3 is 2.39 bits per heavy atom. The van der Waals surface area contributed by atoms with Gasteiger partial charge in [-0.15, -0.1) is 0 Å². The zero-order chi connectivity index (χ0) is 22.7.